The fourth-order valence-corrected chi connectivity index (χ4v) is 2.00. The zero-order chi connectivity index (χ0) is 12.5. The second kappa shape index (κ2) is 4.15. The molecule has 0 fully saturated rings. The van der Waals surface area contributed by atoms with E-state index in [1.54, 1.807) is 6.08 Å². The quantitative estimate of drug-likeness (QED) is 0.707. The highest BCUT2D eigenvalue weighted by Gasteiger charge is 2.26. The van der Waals surface area contributed by atoms with Crippen molar-refractivity contribution in [2.24, 2.45) is 0 Å². The molecule has 0 saturated carbocycles. The molecule has 0 N–H and O–H groups in total. The van der Waals surface area contributed by atoms with Gasteiger partial charge in [0.25, 0.3) is 0 Å². The van der Waals surface area contributed by atoms with Crippen LogP contribution in [0.2, 0.25) is 0 Å². The Hall–Kier alpha value is -2.35. The minimum atomic E-state index is -0.0439. The summed E-state index contributed by atoms with van der Waals surface area (Å²) in [5, 5.41) is 0. The minimum Gasteiger partial charge on any atom is -0.452 e. The fourth-order valence-electron chi connectivity index (χ4n) is 2.00. The van der Waals surface area contributed by atoms with Crippen LogP contribution in [0.15, 0.2) is 54.3 Å². The van der Waals surface area contributed by atoms with Crippen LogP contribution in [0.3, 0.4) is 0 Å². The Bertz CT molecular complexity index is 639. The standard InChI is InChI=1S/C16H12O2/c1-11-7-8-14-13(9-11)16(17)15(18-14)10-12-5-3-2-4-6-12/h2-10H,1H3/b15-10+. The van der Waals surface area contributed by atoms with Gasteiger partial charge in [-0.05, 0) is 30.7 Å². The van der Waals surface area contributed by atoms with Crippen molar-refractivity contribution in [3.8, 4) is 5.75 Å². The smallest absolute Gasteiger partial charge is 0.231 e. The van der Waals surface area contributed by atoms with Gasteiger partial charge in [0.15, 0.2) is 5.76 Å². The molecule has 3 rings (SSSR count). The van der Waals surface area contributed by atoms with Gasteiger partial charge in [-0.1, -0.05) is 42.0 Å². The van der Waals surface area contributed by atoms with Crippen molar-refractivity contribution in [2.45, 2.75) is 6.92 Å². The van der Waals surface area contributed by atoms with E-state index >= 15 is 0 Å². The summed E-state index contributed by atoms with van der Waals surface area (Å²) in [4.78, 5) is 12.2. The molecule has 1 aliphatic heterocycles. The lowest BCUT2D eigenvalue weighted by Gasteiger charge is -1.98. The number of carbonyl (C=O) groups is 1. The summed E-state index contributed by atoms with van der Waals surface area (Å²) >= 11 is 0. The SMILES string of the molecule is Cc1ccc2c(c1)C(=O)/C(=C\c1ccccc1)O2. The largest absolute Gasteiger partial charge is 0.452 e. The first kappa shape index (κ1) is 10.8. The maximum absolute atomic E-state index is 12.2. The third-order valence-corrected chi connectivity index (χ3v) is 2.92. The van der Waals surface area contributed by atoms with E-state index in [1.165, 1.54) is 0 Å². The lowest BCUT2D eigenvalue weighted by atomic mass is 10.1. The van der Waals surface area contributed by atoms with Crippen molar-refractivity contribution in [1.82, 2.24) is 0 Å². The van der Waals surface area contributed by atoms with E-state index in [-0.39, 0.29) is 5.78 Å². The summed E-state index contributed by atoms with van der Waals surface area (Å²) in [6, 6.07) is 15.3. The Morgan fingerprint density at radius 3 is 2.61 bits per heavy atom. The van der Waals surface area contributed by atoms with Crippen molar-refractivity contribution in [3.63, 3.8) is 0 Å². The van der Waals surface area contributed by atoms with E-state index in [0.717, 1.165) is 11.1 Å². The Morgan fingerprint density at radius 2 is 1.83 bits per heavy atom. The first-order valence-electron chi connectivity index (χ1n) is 5.84. The molecule has 0 aliphatic carbocycles. The van der Waals surface area contributed by atoms with E-state index in [2.05, 4.69) is 0 Å². The number of Topliss-reactive ketones (excluding diaryl/α,β-unsaturated/α-hetero) is 1. The van der Waals surface area contributed by atoms with Gasteiger partial charge >= 0.3 is 0 Å². The van der Waals surface area contributed by atoms with E-state index in [0.29, 0.717) is 17.1 Å². The molecule has 2 heteroatoms. The number of ketones is 1. The monoisotopic (exact) mass is 236 g/mol. The number of fused-ring (bicyclic) bond motifs is 1. The summed E-state index contributed by atoms with van der Waals surface area (Å²) in [7, 11) is 0. The molecule has 2 aromatic carbocycles. The highest BCUT2D eigenvalue weighted by atomic mass is 16.5. The Labute approximate surface area is 106 Å². The maximum atomic E-state index is 12.2. The zero-order valence-electron chi connectivity index (χ0n) is 10.0. The number of hydrogen-bond donors (Lipinski definition) is 0. The van der Waals surface area contributed by atoms with E-state index in [4.69, 9.17) is 4.74 Å². The number of allylic oxidation sites excluding steroid dienone is 1. The van der Waals surface area contributed by atoms with Gasteiger partial charge in [0.1, 0.15) is 5.75 Å². The van der Waals surface area contributed by atoms with Crippen molar-refractivity contribution in [3.05, 3.63) is 71.0 Å². The number of hydrogen-bond acceptors (Lipinski definition) is 2. The number of aryl methyl sites for hydroxylation is 1. The third kappa shape index (κ3) is 1.82. The molecule has 0 radical (unpaired) electrons. The summed E-state index contributed by atoms with van der Waals surface area (Å²) in [6.45, 7) is 1.96. The van der Waals surface area contributed by atoms with Crippen LogP contribution in [0.25, 0.3) is 6.08 Å². The molecule has 0 bridgehead atoms. The Kier molecular flexibility index (Phi) is 2.49. The van der Waals surface area contributed by atoms with Crippen molar-refractivity contribution in [1.29, 1.82) is 0 Å². The predicted molar refractivity (Wildman–Crippen MR) is 70.6 cm³/mol. The van der Waals surface area contributed by atoms with Crippen molar-refractivity contribution >= 4 is 11.9 Å². The number of ether oxygens (including phenoxy) is 1. The molecule has 88 valence electrons. The van der Waals surface area contributed by atoms with Gasteiger partial charge < -0.3 is 4.74 Å². The molecule has 1 heterocycles. The highest BCUT2D eigenvalue weighted by molar-refractivity contribution is 6.14. The molecule has 18 heavy (non-hydrogen) atoms. The first-order valence-corrected chi connectivity index (χ1v) is 5.84. The highest BCUT2D eigenvalue weighted by Crippen LogP contribution is 2.32. The molecular weight excluding hydrogens is 224 g/mol. The van der Waals surface area contributed by atoms with Crippen LogP contribution in [0, 0.1) is 6.92 Å². The van der Waals surface area contributed by atoms with Crippen molar-refractivity contribution in [2.75, 3.05) is 0 Å². The summed E-state index contributed by atoms with van der Waals surface area (Å²) in [5.74, 6) is 0.993. The maximum Gasteiger partial charge on any atom is 0.231 e. The normalized spacial score (nSPS) is 15.6. The van der Waals surface area contributed by atoms with Crippen LogP contribution in [0.4, 0.5) is 0 Å². The molecule has 2 aromatic rings. The number of rotatable bonds is 1. The summed E-state index contributed by atoms with van der Waals surface area (Å²) < 4.78 is 5.59. The zero-order valence-corrected chi connectivity index (χ0v) is 10.0. The Morgan fingerprint density at radius 1 is 1.06 bits per heavy atom. The topological polar surface area (TPSA) is 26.3 Å². The Balaban J connectivity index is 2.00. The molecule has 0 atom stereocenters. The van der Waals surface area contributed by atoms with Crippen LogP contribution in [0.5, 0.6) is 5.75 Å². The summed E-state index contributed by atoms with van der Waals surface area (Å²) in [5.41, 5.74) is 2.68. The van der Waals surface area contributed by atoms with E-state index in [9.17, 15) is 4.79 Å². The second-order valence-corrected chi connectivity index (χ2v) is 4.35. The molecule has 0 unspecified atom stereocenters. The fraction of sp³-hybridized carbons (Fsp3) is 0.0625. The number of carbonyl (C=O) groups excluding carboxylic acids is 1. The molecule has 0 saturated heterocycles. The van der Waals surface area contributed by atoms with Gasteiger partial charge in [0.05, 0.1) is 5.56 Å². The van der Waals surface area contributed by atoms with Gasteiger partial charge in [0.2, 0.25) is 5.78 Å². The van der Waals surface area contributed by atoms with Gasteiger partial charge in [-0.15, -0.1) is 0 Å². The molecule has 1 aliphatic rings. The molecule has 2 nitrogen and oxygen atoms in total. The summed E-state index contributed by atoms with van der Waals surface area (Å²) in [6.07, 6.45) is 1.78. The van der Waals surface area contributed by atoms with Crippen LogP contribution in [-0.2, 0) is 0 Å². The van der Waals surface area contributed by atoms with Gasteiger partial charge in [-0.3, -0.25) is 4.79 Å². The second-order valence-electron chi connectivity index (χ2n) is 4.35. The van der Waals surface area contributed by atoms with Crippen LogP contribution < -0.4 is 4.74 Å². The number of benzene rings is 2. The van der Waals surface area contributed by atoms with Gasteiger partial charge in [-0.25, -0.2) is 0 Å². The van der Waals surface area contributed by atoms with Crippen LogP contribution in [-0.4, -0.2) is 5.78 Å². The van der Waals surface area contributed by atoms with E-state index < -0.39 is 0 Å². The third-order valence-electron chi connectivity index (χ3n) is 2.92. The van der Waals surface area contributed by atoms with Crippen LogP contribution in [0.1, 0.15) is 21.5 Å². The lowest BCUT2D eigenvalue weighted by Crippen LogP contribution is -1.98. The minimum absolute atomic E-state index is 0.0439. The lowest BCUT2D eigenvalue weighted by molar-refractivity contribution is 0.101. The van der Waals surface area contributed by atoms with Gasteiger partial charge in [0, 0.05) is 0 Å². The predicted octanol–water partition coefficient (Wildman–Crippen LogP) is 3.61. The molecule has 0 amide bonds. The molecule has 0 aromatic heterocycles. The average Bonchev–Trinajstić information content (AvgIpc) is 2.68. The van der Waals surface area contributed by atoms with Crippen LogP contribution >= 0.6 is 0 Å². The average molecular weight is 236 g/mol. The first-order chi connectivity index (χ1) is 8.74. The molecular formula is C16H12O2. The molecule has 0 spiro atoms. The van der Waals surface area contributed by atoms with Crippen molar-refractivity contribution < 1.29 is 9.53 Å². The van der Waals surface area contributed by atoms with Gasteiger partial charge in [-0.2, -0.15) is 0 Å². The van der Waals surface area contributed by atoms with E-state index in [1.807, 2.05) is 55.5 Å².